The number of benzene rings is 1. The summed E-state index contributed by atoms with van der Waals surface area (Å²) < 4.78 is 17.5. The fourth-order valence-corrected chi connectivity index (χ4v) is 1.74. The van der Waals surface area contributed by atoms with E-state index in [1.54, 1.807) is 12.1 Å². The molecule has 1 rings (SSSR count). The normalized spacial score (nSPS) is 13.4. The number of hydrogen-bond donors (Lipinski definition) is 2. The van der Waals surface area contributed by atoms with Crippen LogP contribution in [0.25, 0.3) is 0 Å². The van der Waals surface area contributed by atoms with Gasteiger partial charge in [-0.05, 0) is 24.6 Å². The van der Waals surface area contributed by atoms with Crippen molar-refractivity contribution in [2.45, 2.75) is 25.9 Å². The zero-order valence-electron chi connectivity index (χ0n) is 11.8. The first-order chi connectivity index (χ1) is 9.43. The lowest BCUT2D eigenvalue weighted by Gasteiger charge is -2.20. The second-order valence-corrected chi connectivity index (χ2v) is 4.46. The summed E-state index contributed by atoms with van der Waals surface area (Å²) >= 11 is 0. The number of ether oxygens (including phenoxy) is 1. The number of carbonyl (C=O) groups is 2. The maximum atomic E-state index is 12.8. The first kappa shape index (κ1) is 16.1. The number of hydrogen-bond acceptors (Lipinski definition) is 4. The zero-order valence-corrected chi connectivity index (χ0v) is 11.8. The Hall–Kier alpha value is -1.95. The quantitative estimate of drug-likeness (QED) is 0.768. The van der Waals surface area contributed by atoms with E-state index < -0.39 is 12.0 Å². The molecular weight excluding hydrogens is 263 g/mol. The highest BCUT2D eigenvalue weighted by molar-refractivity contribution is 5.83. The first-order valence-electron chi connectivity index (χ1n) is 6.27. The molecule has 1 amide bonds. The minimum absolute atomic E-state index is 0.0866. The molecule has 0 saturated carbocycles. The van der Waals surface area contributed by atoms with Crippen LogP contribution in [0.3, 0.4) is 0 Å². The number of halogens is 1. The molecule has 20 heavy (non-hydrogen) atoms. The van der Waals surface area contributed by atoms with Gasteiger partial charge >= 0.3 is 5.97 Å². The number of methoxy groups -OCH3 is 1. The van der Waals surface area contributed by atoms with E-state index in [1.807, 2.05) is 6.92 Å². The molecule has 2 atom stereocenters. The van der Waals surface area contributed by atoms with Crippen LogP contribution in [0, 0.1) is 5.82 Å². The van der Waals surface area contributed by atoms with Crippen LogP contribution < -0.4 is 10.6 Å². The van der Waals surface area contributed by atoms with Gasteiger partial charge in [0.25, 0.3) is 0 Å². The molecule has 0 aliphatic heterocycles. The van der Waals surface area contributed by atoms with Gasteiger partial charge in [-0.3, -0.25) is 4.79 Å². The minimum Gasteiger partial charge on any atom is -0.467 e. The van der Waals surface area contributed by atoms with Gasteiger partial charge in [0.05, 0.1) is 7.11 Å². The van der Waals surface area contributed by atoms with Crippen molar-refractivity contribution in [3.63, 3.8) is 0 Å². The largest absolute Gasteiger partial charge is 0.467 e. The van der Waals surface area contributed by atoms with Crippen molar-refractivity contribution in [2.24, 2.45) is 0 Å². The molecule has 1 unspecified atom stereocenters. The van der Waals surface area contributed by atoms with Crippen LogP contribution in [0.4, 0.5) is 4.39 Å². The Morgan fingerprint density at radius 2 is 1.90 bits per heavy atom. The summed E-state index contributed by atoms with van der Waals surface area (Å²) in [6.07, 6.45) is 0. The third kappa shape index (κ3) is 4.97. The third-order valence-corrected chi connectivity index (χ3v) is 2.86. The summed E-state index contributed by atoms with van der Waals surface area (Å²) in [5.74, 6) is -1.12. The summed E-state index contributed by atoms with van der Waals surface area (Å²) in [7, 11) is 1.26. The maximum Gasteiger partial charge on any atom is 0.329 e. The molecule has 0 aromatic heterocycles. The van der Waals surface area contributed by atoms with Gasteiger partial charge in [-0.1, -0.05) is 12.1 Å². The van der Waals surface area contributed by atoms with Gasteiger partial charge < -0.3 is 15.4 Å². The Morgan fingerprint density at radius 1 is 1.30 bits per heavy atom. The minimum atomic E-state index is -0.750. The summed E-state index contributed by atoms with van der Waals surface area (Å²) in [6.45, 7) is 3.44. The van der Waals surface area contributed by atoms with Crippen LogP contribution in [0.2, 0.25) is 0 Å². The first-order valence-corrected chi connectivity index (χ1v) is 6.27. The van der Waals surface area contributed by atoms with Crippen LogP contribution in [-0.2, 0) is 14.3 Å². The second-order valence-electron chi connectivity index (χ2n) is 4.46. The van der Waals surface area contributed by atoms with Crippen LogP contribution >= 0.6 is 0 Å². The Bertz CT molecular complexity index is 462. The number of amides is 1. The van der Waals surface area contributed by atoms with E-state index in [2.05, 4.69) is 15.4 Å². The van der Waals surface area contributed by atoms with Crippen molar-refractivity contribution in [3.05, 3.63) is 35.6 Å². The number of esters is 1. The average Bonchev–Trinajstić information content (AvgIpc) is 2.42. The van der Waals surface area contributed by atoms with Crippen molar-refractivity contribution in [3.8, 4) is 0 Å². The molecule has 0 aliphatic rings. The van der Waals surface area contributed by atoms with E-state index in [4.69, 9.17) is 0 Å². The van der Waals surface area contributed by atoms with Crippen molar-refractivity contribution in [1.82, 2.24) is 10.6 Å². The second kappa shape index (κ2) is 7.59. The topological polar surface area (TPSA) is 67.4 Å². The van der Waals surface area contributed by atoms with Crippen molar-refractivity contribution >= 4 is 11.9 Å². The number of carbonyl (C=O) groups excluding carboxylic acids is 2. The molecule has 5 nitrogen and oxygen atoms in total. The lowest BCUT2D eigenvalue weighted by atomic mass is 10.1. The lowest BCUT2D eigenvalue weighted by molar-refractivity contribution is -0.144. The van der Waals surface area contributed by atoms with Gasteiger partial charge in [0.2, 0.25) is 5.91 Å². The molecule has 2 N–H and O–H groups in total. The maximum absolute atomic E-state index is 12.8. The fourth-order valence-electron chi connectivity index (χ4n) is 1.74. The smallest absolute Gasteiger partial charge is 0.329 e. The van der Waals surface area contributed by atoms with Gasteiger partial charge in [0.1, 0.15) is 11.9 Å². The van der Waals surface area contributed by atoms with Gasteiger partial charge in [-0.2, -0.15) is 0 Å². The van der Waals surface area contributed by atoms with Crippen molar-refractivity contribution < 1.29 is 18.7 Å². The number of rotatable bonds is 6. The van der Waals surface area contributed by atoms with Crippen LogP contribution in [0.5, 0.6) is 0 Å². The van der Waals surface area contributed by atoms with E-state index in [0.717, 1.165) is 5.56 Å². The Balaban J connectivity index is 2.59. The predicted molar refractivity (Wildman–Crippen MR) is 72.4 cm³/mol. The molecule has 0 fully saturated rings. The summed E-state index contributed by atoms with van der Waals surface area (Å²) in [6, 6.07) is 5.24. The molecule has 0 aliphatic carbocycles. The van der Waals surface area contributed by atoms with Crippen LogP contribution in [0.15, 0.2) is 24.3 Å². The molecule has 0 bridgehead atoms. The van der Waals surface area contributed by atoms with Gasteiger partial charge in [0, 0.05) is 19.5 Å². The van der Waals surface area contributed by atoms with E-state index in [1.165, 1.54) is 26.2 Å². The summed E-state index contributed by atoms with van der Waals surface area (Å²) in [4.78, 5) is 22.6. The predicted octanol–water partition coefficient (Wildman–Crippen LogP) is 1.15. The highest BCUT2D eigenvalue weighted by atomic mass is 19.1. The Labute approximate surface area is 117 Å². The lowest BCUT2D eigenvalue weighted by Crippen LogP contribution is -2.47. The number of nitrogens with one attached hydrogen (secondary N) is 2. The van der Waals surface area contributed by atoms with Crippen molar-refractivity contribution in [1.29, 1.82) is 0 Å². The molecular formula is C14H19FN2O3. The Morgan fingerprint density at radius 3 is 2.40 bits per heavy atom. The van der Waals surface area contributed by atoms with Gasteiger partial charge in [-0.25, -0.2) is 9.18 Å². The van der Waals surface area contributed by atoms with Crippen LogP contribution in [0.1, 0.15) is 25.5 Å². The van der Waals surface area contributed by atoms with Gasteiger partial charge in [-0.15, -0.1) is 0 Å². The summed E-state index contributed by atoms with van der Waals surface area (Å²) in [5.41, 5.74) is 0.887. The highest BCUT2D eigenvalue weighted by Gasteiger charge is 2.20. The van der Waals surface area contributed by atoms with E-state index in [-0.39, 0.29) is 24.3 Å². The molecule has 110 valence electrons. The average molecular weight is 282 g/mol. The molecule has 0 saturated heterocycles. The van der Waals surface area contributed by atoms with Crippen LogP contribution in [-0.4, -0.2) is 31.6 Å². The monoisotopic (exact) mass is 282 g/mol. The van der Waals surface area contributed by atoms with E-state index >= 15 is 0 Å². The Kier molecular flexibility index (Phi) is 6.11. The molecule has 1 aromatic rings. The summed E-state index contributed by atoms with van der Waals surface area (Å²) in [5, 5.41) is 5.61. The molecule has 0 heterocycles. The molecule has 0 radical (unpaired) electrons. The zero-order chi connectivity index (χ0) is 15.1. The highest BCUT2D eigenvalue weighted by Crippen LogP contribution is 2.12. The third-order valence-electron chi connectivity index (χ3n) is 2.86. The van der Waals surface area contributed by atoms with Gasteiger partial charge in [0.15, 0.2) is 0 Å². The molecule has 1 aromatic carbocycles. The van der Waals surface area contributed by atoms with E-state index in [0.29, 0.717) is 0 Å². The van der Waals surface area contributed by atoms with E-state index in [9.17, 15) is 14.0 Å². The standard InChI is InChI=1S/C14H19FN2O3/c1-9(11-4-6-12(15)7-5-11)16-8-13(14(19)20-3)17-10(2)18/h4-7,9,13,16H,8H2,1-3H3,(H,17,18)/t9-,13?/m0/s1. The molecule has 6 heteroatoms. The fraction of sp³-hybridized carbons (Fsp3) is 0.429. The van der Waals surface area contributed by atoms with Crippen molar-refractivity contribution in [2.75, 3.05) is 13.7 Å². The molecule has 0 spiro atoms. The SMILES string of the molecule is COC(=O)C(CN[C@@H](C)c1ccc(F)cc1)NC(C)=O.